The Morgan fingerprint density at radius 3 is 2.47 bits per heavy atom. The van der Waals surface area contributed by atoms with Crippen molar-refractivity contribution in [3.8, 4) is 12.1 Å². The Morgan fingerprint density at radius 2 is 2.07 bits per heavy atom. The molecule has 82 valence electrons. The second kappa shape index (κ2) is 7.70. The predicted octanol–water partition coefficient (Wildman–Crippen LogP) is 3.98. The zero-order chi connectivity index (χ0) is 11.7. The first-order chi connectivity index (χ1) is 7.14. The summed E-state index contributed by atoms with van der Waals surface area (Å²) in [6.07, 6.45) is 6.18. The Hall–Kier alpha value is -0.550. The first-order valence-corrected chi connectivity index (χ1v) is 6.46. The fourth-order valence-electron chi connectivity index (χ4n) is 1.44. The maximum Gasteiger partial charge on any atom is 0.148 e. The molecular formula is C12H17IN2. The van der Waals surface area contributed by atoms with E-state index >= 15 is 0 Å². The molecule has 0 N–H and O–H groups in total. The molecule has 15 heavy (non-hydrogen) atoms. The van der Waals surface area contributed by atoms with Crippen LogP contribution < -0.4 is 0 Å². The number of alkyl halides is 1. The Morgan fingerprint density at radius 1 is 1.47 bits per heavy atom. The van der Waals surface area contributed by atoms with E-state index in [1.54, 1.807) is 6.08 Å². The van der Waals surface area contributed by atoms with Crippen molar-refractivity contribution in [1.29, 1.82) is 10.5 Å². The van der Waals surface area contributed by atoms with E-state index in [-0.39, 0.29) is 0 Å². The van der Waals surface area contributed by atoms with Crippen LogP contribution in [0.3, 0.4) is 0 Å². The van der Waals surface area contributed by atoms with Gasteiger partial charge in [-0.05, 0) is 19.3 Å². The van der Waals surface area contributed by atoms with Gasteiger partial charge in [0.2, 0.25) is 0 Å². The summed E-state index contributed by atoms with van der Waals surface area (Å²) in [5.41, 5.74) is -0.860. The van der Waals surface area contributed by atoms with E-state index in [0.717, 1.165) is 19.3 Å². The van der Waals surface area contributed by atoms with Gasteiger partial charge in [-0.15, -0.1) is 6.58 Å². The van der Waals surface area contributed by atoms with Crippen LogP contribution in [0.1, 0.15) is 39.0 Å². The number of unbranched alkanes of at least 4 members (excludes halogenated alkanes) is 1. The van der Waals surface area contributed by atoms with Gasteiger partial charge in [0.1, 0.15) is 5.41 Å². The number of nitrogens with zero attached hydrogens (tertiary/aromatic N) is 2. The van der Waals surface area contributed by atoms with Crippen molar-refractivity contribution >= 4 is 22.6 Å². The summed E-state index contributed by atoms with van der Waals surface area (Å²) < 4.78 is 0.404. The molecule has 0 radical (unpaired) electrons. The normalized spacial score (nSPS) is 12.5. The highest BCUT2D eigenvalue weighted by Crippen LogP contribution is 2.31. The number of hydrogen-bond donors (Lipinski definition) is 0. The van der Waals surface area contributed by atoms with Crippen LogP contribution in [0, 0.1) is 28.1 Å². The van der Waals surface area contributed by atoms with Crippen molar-refractivity contribution in [3.63, 3.8) is 0 Å². The number of allylic oxidation sites excluding steroid dienone is 1. The molecule has 0 aromatic rings. The molecule has 0 aliphatic rings. The first-order valence-electron chi connectivity index (χ1n) is 5.21. The van der Waals surface area contributed by atoms with Gasteiger partial charge < -0.3 is 0 Å². The third-order valence-electron chi connectivity index (χ3n) is 2.36. The van der Waals surface area contributed by atoms with Crippen LogP contribution in [-0.2, 0) is 0 Å². The molecular weight excluding hydrogens is 299 g/mol. The average molecular weight is 316 g/mol. The van der Waals surface area contributed by atoms with Gasteiger partial charge in [-0.25, -0.2) is 0 Å². The van der Waals surface area contributed by atoms with Crippen LogP contribution >= 0.6 is 22.6 Å². The van der Waals surface area contributed by atoms with E-state index in [9.17, 15) is 0 Å². The molecule has 0 aliphatic carbocycles. The second-order valence-electron chi connectivity index (χ2n) is 3.74. The highest BCUT2D eigenvalue weighted by molar-refractivity contribution is 14.1. The van der Waals surface area contributed by atoms with E-state index in [1.165, 1.54) is 0 Å². The zero-order valence-corrected chi connectivity index (χ0v) is 11.3. The molecule has 3 heteroatoms. The van der Waals surface area contributed by atoms with Crippen LogP contribution in [0.4, 0.5) is 0 Å². The van der Waals surface area contributed by atoms with Gasteiger partial charge in [-0.2, -0.15) is 10.5 Å². The van der Waals surface area contributed by atoms with Crippen LogP contribution in [-0.4, -0.2) is 3.92 Å². The molecule has 2 nitrogen and oxygen atoms in total. The van der Waals surface area contributed by atoms with Crippen molar-refractivity contribution in [2.45, 2.75) is 43.0 Å². The Labute approximate surface area is 106 Å². The Balaban J connectivity index is 4.36. The average Bonchev–Trinajstić information content (AvgIpc) is 2.25. The molecule has 0 saturated carbocycles. The summed E-state index contributed by atoms with van der Waals surface area (Å²) >= 11 is 2.34. The molecule has 0 spiro atoms. The second-order valence-corrected chi connectivity index (χ2v) is 5.50. The van der Waals surface area contributed by atoms with E-state index in [2.05, 4.69) is 48.2 Å². The van der Waals surface area contributed by atoms with Gasteiger partial charge in [0.25, 0.3) is 0 Å². The van der Waals surface area contributed by atoms with Gasteiger partial charge in [0.05, 0.1) is 12.1 Å². The summed E-state index contributed by atoms with van der Waals surface area (Å²) in [5.74, 6) is 0. The highest BCUT2D eigenvalue weighted by Gasteiger charge is 2.31. The lowest BCUT2D eigenvalue weighted by Gasteiger charge is -2.20. The SMILES string of the molecule is C=CCC(C#N)(C#N)CC(I)CCCC. The Kier molecular flexibility index (Phi) is 7.42. The monoisotopic (exact) mass is 316 g/mol. The molecule has 0 amide bonds. The number of rotatable bonds is 7. The number of halogens is 1. The molecule has 0 aromatic carbocycles. The standard InChI is InChI=1S/C12H17IN2/c1-3-5-6-11(13)8-12(9-14,10-15)7-4-2/h4,11H,2-3,5-8H2,1H3. The quantitative estimate of drug-likeness (QED) is 0.405. The number of nitriles is 2. The van der Waals surface area contributed by atoms with Crippen molar-refractivity contribution in [1.82, 2.24) is 0 Å². The smallest absolute Gasteiger partial charge is 0.148 e. The fourth-order valence-corrected chi connectivity index (χ4v) is 2.64. The lowest BCUT2D eigenvalue weighted by molar-refractivity contribution is 0.465. The van der Waals surface area contributed by atoms with Gasteiger partial charge in [-0.3, -0.25) is 0 Å². The first kappa shape index (κ1) is 14.5. The fraction of sp³-hybridized carbons (Fsp3) is 0.667. The largest absolute Gasteiger partial charge is 0.197 e. The minimum absolute atomic E-state index is 0.404. The molecule has 1 unspecified atom stereocenters. The maximum atomic E-state index is 9.06. The molecule has 1 atom stereocenters. The number of hydrogen-bond acceptors (Lipinski definition) is 2. The van der Waals surface area contributed by atoms with Crippen LogP contribution in [0.2, 0.25) is 0 Å². The minimum Gasteiger partial charge on any atom is -0.197 e. The van der Waals surface area contributed by atoms with Crippen LogP contribution in [0.25, 0.3) is 0 Å². The van der Waals surface area contributed by atoms with Crippen molar-refractivity contribution in [3.05, 3.63) is 12.7 Å². The summed E-state index contributed by atoms with van der Waals surface area (Å²) in [5, 5.41) is 18.1. The molecule has 0 aliphatic heterocycles. The van der Waals surface area contributed by atoms with E-state index in [0.29, 0.717) is 16.8 Å². The third kappa shape index (κ3) is 5.18. The van der Waals surface area contributed by atoms with Crippen LogP contribution in [0.15, 0.2) is 12.7 Å². The summed E-state index contributed by atoms with van der Waals surface area (Å²) in [4.78, 5) is 0. The maximum absolute atomic E-state index is 9.06. The lowest BCUT2D eigenvalue weighted by atomic mass is 9.82. The molecule has 0 saturated heterocycles. The lowest BCUT2D eigenvalue weighted by Crippen LogP contribution is -2.20. The molecule has 0 rings (SSSR count). The molecule has 0 aromatic heterocycles. The molecule has 0 fully saturated rings. The molecule has 0 bridgehead atoms. The van der Waals surface area contributed by atoms with Crippen molar-refractivity contribution in [2.75, 3.05) is 0 Å². The van der Waals surface area contributed by atoms with Crippen molar-refractivity contribution < 1.29 is 0 Å². The van der Waals surface area contributed by atoms with E-state index in [4.69, 9.17) is 10.5 Å². The zero-order valence-electron chi connectivity index (χ0n) is 9.17. The highest BCUT2D eigenvalue weighted by atomic mass is 127. The van der Waals surface area contributed by atoms with Crippen molar-refractivity contribution in [2.24, 2.45) is 5.41 Å². The van der Waals surface area contributed by atoms with Gasteiger partial charge >= 0.3 is 0 Å². The van der Waals surface area contributed by atoms with Gasteiger partial charge in [0, 0.05) is 3.92 Å². The summed E-state index contributed by atoms with van der Waals surface area (Å²) in [7, 11) is 0. The topological polar surface area (TPSA) is 47.6 Å². The van der Waals surface area contributed by atoms with E-state index in [1.807, 2.05) is 0 Å². The summed E-state index contributed by atoms with van der Waals surface area (Å²) in [6, 6.07) is 4.27. The molecule has 0 heterocycles. The van der Waals surface area contributed by atoms with Gasteiger partial charge in [0.15, 0.2) is 0 Å². The predicted molar refractivity (Wildman–Crippen MR) is 70.4 cm³/mol. The van der Waals surface area contributed by atoms with Crippen LogP contribution in [0.5, 0.6) is 0 Å². The third-order valence-corrected chi connectivity index (χ3v) is 3.42. The summed E-state index contributed by atoms with van der Waals surface area (Å²) in [6.45, 7) is 5.75. The van der Waals surface area contributed by atoms with Gasteiger partial charge in [-0.1, -0.05) is 48.4 Å². The Bertz CT molecular complexity index is 258. The minimum atomic E-state index is -0.860. The van der Waals surface area contributed by atoms with E-state index < -0.39 is 5.41 Å².